The summed E-state index contributed by atoms with van der Waals surface area (Å²) >= 11 is 0. The van der Waals surface area contributed by atoms with Crippen molar-refractivity contribution in [3.05, 3.63) is 46.0 Å². The average molecular weight is 693 g/mol. The Morgan fingerprint density at radius 2 is 1.47 bits per heavy atom. The second kappa shape index (κ2) is 12.4. The number of rotatable bonds is 5. The maximum atomic E-state index is 12.6. The molecule has 2 aliphatic heterocycles. The molecule has 0 radical (unpaired) electrons. The molecular formula is C36H52O13. The highest BCUT2D eigenvalue weighted by Crippen LogP contribution is 2.71. The van der Waals surface area contributed by atoms with Gasteiger partial charge in [-0.05, 0) is 94.1 Å². The Bertz CT molecular complexity index is 1460. The molecule has 17 atom stereocenters. The van der Waals surface area contributed by atoms with Gasteiger partial charge >= 0.3 is 5.63 Å². The lowest BCUT2D eigenvalue weighted by Crippen LogP contribution is -2.71. The van der Waals surface area contributed by atoms with E-state index in [0.717, 1.165) is 17.6 Å². The third-order valence-corrected chi connectivity index (χ3v) is 13.7. The van der Waals surface area contributed by atoms with Gasteiger partial charge in [-0.25, -0.2) is 4.79 Å². The van der Waals surface area contributed by atoms with E-state index in [2.05, 4.69) is 19.9 Å². The van der Waals surface area contributed by atoms with Crippen LogP contribution in [0.4, 0.5) is 0 Å². The van der Waals surface area contributed by atoms with Crippen molar-refractivity contribution in [2.45, 2.75) is 164 Å². The van der Waals surface area contributed by atoms with Gasteiger partial charge in [0.05, 0.1) is 35.8 Å². The molecule has 274 valence electrons. The first kappa shape index (κ1) is 35.6. The number of fused-ring (bicyclic) bond motifs is 5. The molecule has 1 aromatic heterocycles. The van der Waals surface area contributed by atoms with Crippen LogP contribution in [0.5, 0.6) is 0 Å². The lowest BCUT2D eigenvalue weighted by molar-refractivity contribution is -0.355. The Balaban J connectivity index is 1.04. The second-order valence-electron chi connectivity index (χ2n) is 16.1. The molecule has 49 heavy (non-hydrogen) atoms. The molecule has 0 spiro atoms. The van der Waals surface area contributed by atoms with E-state index < -0.39 is 89.8 Å². The molecule has 0 bridgehead atoms. The number of ether oxygens (including phenoxy) is 4. The largest absolute Gasteiger partial charge is 0.431 e. The van der Waals surface area contributed by atoms with E-state index >= 15 is 0 Å². The third kappa shape index (κ3) is 5.34. The maximum Gasteiger partial charge on any atom is 0.335 e. The number of aliphatic hydroxyl groups excluding tert-OH is 5. The predicted molar refractivity (Wildman–Crippen MR) is 171 cm³/mol. The zero-order chi connectivity index (χ0) is 35.3. The highest BCUT2D eigenvalue weighted by atomic mass is 16.7. The van der Waals surface area contributed by atoms with E-state index in [1.165, 1.54) is 19.3 Å². The van der Waals surface area contributed by atoms with Crippen molar-refractivity contribution in [2.24, 2.45) is 16.7 Å². The minimum atomic E-state index is -1.57. The molecule has 13 heteroatoms. The van der Waals surface area contributed by atoms with E-state index in [4.69, 9.17) is 23.4 Å². The summed E-state index contributed by atoms with van der Waals surface area (Å²) in [5.74, 6) is -0.226. The number of aliphatic hydroxyl groups is 7. The molecule has 6 aliphatic rings. The Morgan fingerprint density at radius 1 is 0.776 bits per heavy atom. The Labute approximate surface area is 285 Å². The lowest BCUT2D eigenvalue weighted by atomic mass is 9.43. The zero-order valence-electron chi connectivity index (χ0n) is 28.6. The summed E-state index contributed by atoms with van der Waals surface area (Å²) in [5.41, 5.74) is -1.99. The van der Waals surface area contributed by atoms with Gasteiger partial charge < -0.3 is 59.1 Å². The standard InChI is InChI=1S/C36H52O13/c1-17-25(38)26(39)28(41)32(46-17)49-30-18(2)47-31(29(42)27(30)40)48-21-8-11-33(3)20(15-21)7-13-35(43)23(33)10-12-34(4)22(9-14-36(34,35)44)19-5-6-24(37)45-16-19/h5-6,15-18,21-23,25-32,38-44H,7-14H2,1-4H3/t17-,18-,21-,22+,23+,25-,26+,27-,28+,29+,30-,31-,32-,33-,34+,35-,36+/m0/s1. The number of hydrogen-bond acceptors (Lipinski definition) is 13. The van der Waals surface area contributed by atoms with E-state index in [-0.39, 0.29) is 17.3 Å². The van der Waals surface area contributed by atoms with Gasteiger partial charge in [0.25, 0.3) is 0 Å². The van der Waals surface area contributed by atoms with Crippen molar-refractivity contribution in [1.82, 2.24) is 0 Å². The first-order valence-corrected chi connectivity index (χ1v) is 17.8. The summed E-state index contributed by atoms with van der Waals surface area (Å²) in [5, 5.41) is 77.8. The van der Waals surface area contributed by atoms with Crippen molar-refractivity contribution in [2.75, 3.05) is 0 Å². The van der Waals surface area contributed by atoms with Crippen LogP contribution in [0.1, 0.15) is 90.5 Å². The van der Waals surface area contributed by atoms with Gasteiger partial charge in [0.15, 0.2) is 12.6 Å². The number of hydrogen-bond donors (Lipinski definition) is 7. The summed E-state index contributed by atoms with van der Waals surface area (Å²) in [4.78, 5) is 11.6. The summed E-state index contributed by atoms with van der Waals surface area (Å²) in [6.07, 6.45) is -4.69. The summed E-state index contributed by atoms with van der Waals surface area (Å²) in [6.45, 7) is 7.41. The highest BCUT2D eigenvalue weighted by Gasteiger charge is 2.73. The molecule has 0 aromatic carbocycles. The molecule has 0 amide bonds. The van der Waals surface area contributed by atoms with E-state index in [0.29, 0.717) is 44.9 Å². The van der Waals surface area contributed by atoms with Crippen LogP contribution in [0, 0.1) is 16.7 Å². The van der Waals surface area contributed by atoms with Crippen molar-refractivity contribution in [3.63, 3.8) is 0 Å². The van der Waals surface area contributed by atoms with Gasteiger partial charge in [-0.1, -0.05) is 25.5 Å². The lowest BCUT2D eigenvalue weighted by Gasteiger charge is -2.65. The molecule has 1 aromatic rings. The van der Waals surface area contributed by atoms with Crippen LogP contribution >= 0.6 is 0 Å². The SMILES string of the molecule is C[C@@H]1O[C@@H](O[C@@H]2[C@@H](O)[C@@H](O)[C@H](O[C@@H]3C=C4CC[C@]5(O)[C@H](CC[C@]6(C)[C@@H](c7ccc(=O)oc7)CC[C@@]65O)[C@@]4(C)CC3)O[C@H]2C)[C@H](O)[C@H](O)[C@H]1O. The Hall–Kier alpha value is -1.75. The molecule has 13 nitrogen and oxygen atoms in total. The van der Waals surface area contributed by atoms with Gasteiger partial charge in [0, 0.05) is 11.5 Å². The average Bonchev–Trinajstić information content (AvgIpc) is 3.35. The quantitative estimate of drug-likeness (QED) is 0.215. The molecule has 2 saturated heterocycles. The highest BCUT2D eigenvalue weighted by molar-refractivity contribution is 5.35. The van der Waals surface area contributed by atoms with E-state index in [1.807, 2.05) is 0 Å². The molecule has 7 N–H and O–H groups in total. The topological polar surface area (TPSA) is 209 Å². The predicted octanol–water partition coefficient (Wildman–Crippen LogP) is 0.980. The monoisotopic (exact) mass is 692 g/mol. The van der Waals surface area contributed by atoms with Crippen LogP contribution in [-0.2, 0) is 18.9 Å². The van der Waals surface area contributed by atoms with Crippen LogP contribution in [0.2, 0.25) is 0 Å². The first-order chi connectivity index (χ1) is 23.0. The molecule has 3 heterocycles. The summed E-state index contributed by atoms with van der Waals surface area (Å²) in [6, 6.07) is 3.19. The summed E-state index contributed by atoms with van der Waals surface area (Å²) < 4.78 is 28.7. The van der Waals surface area contributed by atoms with Gasteiger partial charge in [-0.2, -0.15) is 0 Å². The molecule has 3 saturated carbocycles. The van der Waals surface area contributed by atoms with Crippen molar-refractivity contribution >= 4 is 0 Å². The fraction of sp³-hybridized carbons (Fsp3) is 0.806. The van der Waals surface area contributed by atoms with Crippen LogP contribution in [-0.4, -0.2) is 114 Å². The second-order valence-corrected chi connectivity index (χ2v) is 16.1. The zero-order valence-corrected chi connectivity index (χ0v) is 28.6. The van der Waals surface area contributed by atoms with Gasteiger partial charge in [0.1, 0.15) is 36.6 Å². The minimum Gasteiger partial charge on any atom is -0.431 e. The normalized spacial score (nSPS) is 52.9. The first-order valence-electron chi connectivity index (χ1n) is 17.8. The van der Waals surface area contributed by atoms with Crippen molar-refractivity contribution < 1.29 is 59.1 Å². The van der Waals surface area contributed by atoms with Gasteiger partial charge in [0.2, 0.25) is 0 Å². The minimum absolute atomic E-state index is 0.0475. The van der Waals surface area contributed by atoms with E-state index in [9.17, 15) is 40.5 Å². The van der Waals surface area contributed by atoms with Crippen LogP contribution in [0.25, 0.3) is 0 Å². The van der Waals surface area contributed by atoms with Crippen LogP contribution in [0.3, 0.4) is 0 Å². The summed E-state index contributed by atoms with van der Waals surface area (Å²) in [7, 11) is 0. The van der Waals surface area contributed by atoms with Gasteiger partial charge in [-0.3, -0.25) is 0 Å². The van der Waals surface area contributed by atoms with E-state index in [1.54, 1.807) is 13.0 Å². The Kier molecular flexibility index (Phi) is 9.05. The smallest absolute Gasteiger partial charge is 0.335 e. The van der Waals surface area contributed by atoms with Crippen molar-refractivity contribution in [3.8, 4) is 0 Å². The molecule has 7 rings (SSSR count). The van der Waals surface area contributed by atoms with Crippen molar-refractivity contribution in [1.29, 1.82) is 0 Å². The molecule has 0 unspecified atom stereocenters. The van der Waals surface area contributed by atoms with Gasteiger partial charge in [-0.15, -0.1) is 0 Å². The number of allylic oxidation sites excluding steroid dienone is 1. The molecule has 4 aliphatic carbocycles. The van der Waals surface area contributed by atoms with Crippen LogP contribution < -0.4 is 5.63 Å². The third-order valence-electron chi connectivity index (χ3n) is 13.7. The molecular weight excluding hydrogens is 640 g/mol. The maximum absolute atomic E-state index is 12.6. The molecule has 5 fully saturated rings. The fourth-order valence-electron chi connectivity index (χ4n) is 10.7. The fourth-order valence-corrected chi connectivity index (χ4v) is 10.7. The van der Waals surface area contributed by atoms with Crippen LogP contribution in [0.15, 0.2) is 39.3 Å². The Morgan fingerprint density at radius 3 is 2.18 bits per heavy atom.